The lowest BCUT2D eigenvalue weighted by Crippen LogP contribution is -2.39. The Kier molecular flexibility index (Phi) is 5.75. The summed E-state index contributed by atoms with van der Waals surface area (Å²) in [5.74, 6) is 0.238. The van der Waals surface area contributed by atoms with Crippen molar-refractivity contribution in [2.75, 3.05) is 18.0 Å². The third kappa shape index (κ3) is 4.41. The highest BCUT2D eigenvalue weighted by Gasteiger charge is 2.20. The Morgan fingerprint density at radius 1 is 1.08 bits per heavy atom. The van der Waals surface area contributed by atoms with E-state index in [0.717, 1.165) is 19.5 Å². The topological polar surface area (TPSA) is 23.6 Å². The van der Waals surface area contributed by atoms with Gasteiger partial charge in [-0.25, -0.2) is 0 Å². The van der Waals surface area contributed by atoms with E-state index in [1.807, 2.05) is 23.1 Å². The molecule has 132 valence electrons. The third-order valence-electron chi connectivity index (χ3n) is 4.94. The van der Waals surface area contributed by atoms with E-state index in [1.54, 1.807) is 0 Å². The molecule has 1 amide bonds. The molecule has 0 saturated heterocycles. The van der Waals surface area contributed by atoms with Gasteiger partial charge < -0.3 is 9.80 Å². The zero-order valence-corrected chi connectivity index (χ0v) is 15.3. The van der Waals surface area contributed by atoms with E-state index in [1.165, 1.54) is 23.2 Å². The molecule has 0 saturated carbocycles. The van der Waals surface area contributed by atoms with Crippen LogP contribution in [0, 0.1) is 0 Å². The van der Waals surface area contributed by atoms with Gasteiger partial charge >= 0.3 is 0 Å². The molecule has 0 aliphatic carbocycles. The SMILES string of the molecule is CC(C)N(Cc1ccccc1)C(=O)CCN1CCCc2ccccc21. The van der Waals surface area contributed by atoms with E-state index in [2.05, 4.69) is 55.1 Å². The van der Waals surface area contributed by atoms with Crippen molar-refractivity contribution in [1.82, 2.24) is 4.90 Å². The van der Waals surface area contributed by atoms with Gasteiger partial charge in [-0.3, -0.25) is 4.79 Å². The minimum absolute atomic E-state index is 0.210. The molecular formula is C22H28N2O. The lowest BCUT2D eigenvalue weighted by Gasteiger charge is -2.33. The number of fused-ring (bicyclic) bond motifs is 1. The van der Waals surface area contributed by atoms with E-state index in [4.69, 9.17) is 0 Å². The van der Waals surface area contributed by atoms with Gasteiger partial charge in [0.15, 0.2) is 0 Å². The molecule has 1 aliphatic rings. The fraction of sp³-hybridized carbons (Fsp3) is 0.409. The number of carbonyl (C=O) groups is 1. The van der Waals surface area contributed by atoms with Crippen molar-refractivity contribution in [1.29, 1.82) is 0 Å². The number of amides is 1. The predicted molar refractivity (Wildman–Crippen MR) is 104 cm³/mol. The standard InChI is InChI=1S/C22H28N2O/c1-18(2)24(17-19-9-4-3-5-10-19)22(25)14-16-23-15-8-12-20-11-6-7-13-21(20)23/h3-7,9-11,13,18H,8,12,14-17H2,1-2H3. The monoisotopic (exact) mass is 336 g/mol. The number of carbonyl (C=O) groups excluding carboxylic acids is 1. The van der Waals surface area contributed by atoms with Crippen molar-refractivity contribution >= 4 is 11.6 Å². The molecule has 0 spiro atoms. The first-order chi connectivity index (χ1) is 12.1. The summed E-state index contributed by atoms with van der Waals surface area (Å²) in [5, 5.41) is 0. The number of anilines is 1. The van der Waals surface area contributed by atoms with Crippen LogP contribution in [-0.2, 0) is 17.8 Å². The van der Waals surface area contributed by atoms with E-state index >= 15 is 0 Å². The number of rotatable bonds is 6. The molecule has 1 aliphatic heterocycles. The Morgan fingerprint density at radius 2 is 1.80 bits per heavy atom. The molecule has 0 fully saturated rings. The van der Waals surface area contributed by atoms with Gasteiger partial charge in [0.05, 0.1) is 0 Å². The van der Waals surface area contributed by atoms with Crippen LogP contribution in [0.2, 0.25) is 0 Å². The van der Waals surface area contributed by atoms with Crippen LogP contribution in [0.1, 0.15) is 37.8 Å². The predicted octanol–water partition coefficient (Wildman–Crippen LogP) is 4.27. The van der Waals surface area contributed by atoms with Gasteiger partial charge in [0.25, 0.3) is 0 Å². The molecule has 0 N–H and O–H groups in total. The summed E-state index contributed by atoms with van der Waals surface area (Å²) in [5.41, 5.74) is 3.90. The average molecular weight is 336 g/mol. The summed E-state index contributed by atoms with van der Waals surface area (Å²) >= 11 is 0. The summed E-state index contributed by atoms with van der Waals surface area (Å²) < 4.78 is 0. The van der Waals surface area contributed by atoms with Crippen molar-refractivity contribution in [2.45, 2.75) is 45.7 Å². The van der Waals surface area contributed by atoms with Crippen molar-refractivity contribution < 1.29 is 4.79 Å². The van der Waals surface area contributed by atoms with Crippen LogP contribution < -0.4 is 4.90 Å². The zero-order valence-electron chi connectivity index (χ0n) is 15.3. The molecule has 25 heavy (non-hydrogen) atoms. The number of hydrogen-bond donors (Lipinski definition) is 0. The largest absolute Gasteiger partial charge is 0.371 e. The van der Waals surface area contributed by atoms with Gasteiger partial charge in [-0.05, 0) is 43.9 Å². The van der Waals surface area contributed by atoms with Gasteiger partial charge in [-0.15, -0.1) is 0 Å². The van der Waals surface area contributed by atoms with E-state index < -0.39 is 0 Å². The normalized spacial score (nSPS) is 13.6. The smallest absolute Gasteiger partial charge is 0.224 e. The third-order valence-corrected chi connectivity index (χ3v) is 4.94. The summed E-state index contributed by atoms with van der Waals surface area (Å²) in [6.07, 6.45) is 2.88. The highest BCUT2D eigenvalue weighted by Crippen LogP contribution is 2.26. The molecule has 0 aromatic heterocycles. The number of hydrogen-bond acceptors (Lipinski definition) is 2. The zero-order chi connectivity index (χ0) is 17.6. The Bertz CT molecular complexity index is 696. The first-order valence-corrected chi connectivity index (χ1v) is 9.31. The second-order valence-electron chi connectivity index (χ2n) is 7.07. The summed E-state index contributed by atoms with van der Waals surface area (Å²) in [4.78, 5) is 17.2. The fourth-order valence-corrected chi connectivity index (χ4v) is 3.56. The quantitative estimate of drug-likeness (QED) is 0.786. The molecule has 3 rings (SSSR count). The van der Waals surface area contributed by atoms with Crippen molar-refractivity contribution in [3.05, 3.63) is 65.7 Å². The van der Waals surface area contributed by atoms with E-state index in [-0.39, 0.29) is 11.9 Å². The Morgan fingerprint density at radius 3 is 2.56 bits per heavy atom. The minimum atomic E-state index is 0.210. The van der Waals surface area contributed by atoms with Gasteiger partial charge in [-0.2, -0.15) is 0 Å². The minimum Gasteiger partial charge on any atom is -0.371 e. The summed E-state index contributed by atoms with van der Waals surface area (Å²) in [6, 6.07) is 19.0. The second-order valence-corrected chi connectivity index (χ2v) is 7.07. The van der Waals surface area contributed by atoms with Gasteiger partial charge in [-0.1, -0.05) is 48.5 Å². The van der Waals surface area contributed by atoms with Crippen molar-refractivity contribution in [2.24, 2.45) is 0 Å². The first kappa shape index (κ1) is 17.5. The molecule has 0 radical (unpaired) electrons. The molecule has 0 atom stereocenters. The molecule has 2 aromatic rings. The van der Waals surface area contributed by atoms with Crippen LogP contribution in [0.25, 0.3) is 0 Å². The maximum Gasteiger partial charge on any atom is 0.224 e. The summed E-state index contributed by atoms with van der Waals surface area (Å²) in [7, 11) is 0. The molecule has 0 unspecified atom stereocenters. The fourth-order valence-electron chi connectivity index (χ4n) is 3.56. The van der Waals surface area contributed by atoms with Crippen LogP contribution in [0.5, 0.6) is 0 Å². The molecule has 2 aromatic carbocycles. The maximum atomic E-state index is 12.8. The van der Waals surface area contributed by atoms with Crippen LogP contribution in [0.15, 0.2) is 54.6 Å². The van der Waals surface area contributed by atoms with Crippen LogP contribution >= 0.6 is 0 Å². The molecular weight excluding hydrogens is 308 g/mol. The highest BCUT2D eigenvalue weighted by molar-refractivity contribution is 5.77. The van der Waals surface area contributed by atoms with Crippen molar-refractivity contribution in [3.8, 4) is 0 Å². The second kappa shape index (κ2) is 8.19. The Balaban J connectivity index is 1.63. The van der Waals surface area contributed by atoms with E-state index in [9.17, 15) is 4.79 Å². The Hall–Kier alpha value is -2.29. The lowest BCUT2D eigenvalue weighted by molar-refractivity contribution is -0.133. The molecule has 1 heterocycles. The van der Waals surface area contributed by atoms with Gasteiger partial charge in [0.2, 0.25) is 5.91 Å². The number of benzene rings is 2. The van der Waals surface area contributed by atoms with Crippen molar-refractivity contribution in [3.63, 3.8) is 0 Å². The number of para-hydroxylation sites is 1. The highest BCUT2D eigenvalue weighted by atomic mass is 16.2. The first-order valence-electron chi connectivity index (χ1n) is 9.31. The number of nitrogens with zero attached hydrogens (tertiary/aromatic N) is 2. The van der Waals surface area contributed by atoms with E-state index in [0.29, 0.717) is 13.0 Å². The van der Waals surface area contributed by atoms with Crippen LogP contribution in [-0.4, -0.2) is 29.9 Å². The molecule has 3 nitrogen and oxygen atoms in total. The number of aryl methyl sites for hydroxylation is 1. The summed E-state index contributed by atoms with van der Waals surface area (Å²) in [6.45, 7) is 6.72. The average Bonchev–Trinajstić information content (AvgIpc) is 2.64. The Labute approximate surface area is 151 Å². The lowest BCUT2D eigenvalue weighted by atomic mass is 10.0. The molecule has 3 heteroatoms. The van der Waals surface area contributed by atoms with Gasteiger partial charge in [0, 0.05) is 37.8 Å². The van der Waals surface area contributed by atoms with Gasteiger partial charge in [0.1, 0.15) is 0 Å². The molecule has 0 bridgehead atoms. The maximum absolute atomic E-state index is 12.8. The van der Waals surface area contributed by atoms with Crippen LogP contribution in [0.4, 0.5) is 5.69 Å². The van der Waals surface area contributed by atoms with Crippen LogP contribution in [0.3, 0.4) is 0 Å².